The van der Waals surface area contributed by atoms with Gasteiger partial charge in [0.2, 0.25) is 11.9 Å². The second-order valence-electron chi connectivity index (χ2n) is 3.73. The van der Waals surface area contributed by atoms with Gasteiger partial charge in [0, 0.05) is 12.5 Å². The Morgan fingerprint density at radius 1 is 1.32 bits per heavy atom. The number of rotatable bonds is 3. The highest BCUT2D eigenvalue weighted by molar-refractivity contribution is 5.89. The normalized spacial score (nSPS) is 9.95. The molecule has 0 unspecified atom stereocenters. The number of carbonyl (C=O) groups excluding carboxylic acids is 1. The van der Waals surface area contributed by atoms with E-state index in [4.69, 9.17) is 5.11 Å². The van der Waals surface area contributed by atoms with Gasteiger partial charge in [0.15, 0.2) is 0 Å². The lowest BCUT2D eigenvalue weighted by molar-refractivity contribution is -0.114. The number of anilines is 1. The van der Waals surface area contributed by atoms with E-state index in [-0.39, 0.29) is 17.4 Å². The zero-order chi connectivity index (χ0) is 13.8. The molecule has 19 heavy (non-hydrogen) atoms. The molecule has 1 aromatic carbocycles. The maximum absolute atomic E-state index is 10.9. The number of nitrogens with zero attached hydrogens (tertiary/aromatic N) is 3. The second kappa shape index (κ2) is 5.21. The number of benzene rings is 1. The summed E-state index contributed by atoms with van der Waals surface area (Å²) in [5, 5.41) is 18.7. The Bertz CT molecular complexity index is 642. The Balaban J connectivity index is 2.38. The molecule has 0 spiro atoms. The van der Waals surface area contributed by atoms with Gasteiger partial charge in [0.25, 0.3) is 0 Å². The fourth-order valence-electron chi connectivity index (χ4n) is 1.46. The molecule has 7 heteroatoms. The Hall–Kier alpha value is -2.83. The Kier molecular flexibility index (Phi) is 3.46. The third-order valence-corrected chi connectivity index (χ3v) is 2.25. The van der Waals surface area contributed by atoms with Gasteiger partial charge >= 0.3 is 5.97 Å². The van der Waals surface area contributed by atoms with Crippen molar-refractivity contribution >= 4 is 17.8 Å². The molecule has 2 aromatic rings. The summed E-state index contributed by atoms with van der Waals surface area (Å²) >= 11 is 0. The van der Waals surface area contributed by atoms with Crippen LogP contribution in [0.15, 0.2) is 30.5 Å². The van der Waals surface area contributed by atoms with Crippen LogP contribution < -0.4 is 5.32 Å². The van der Waals surface area contributed by atoms with Gasteiger partial charge in [-0.25, -0.2) is 9.78 Å². The van der Waals surface area contributed by atoms with Crippen LogP contribution in [0.25, 0.3) is 11.3 Å². The van der Waals surface area contributed by atoms with Gasteiger partial charge in [0.05, 0.1) is 17.5 Å². The van der Waals surface area contributed by atoms with Crippen molar-refractivity contribution in [3.8, 4) is 11.3 Å². The molecule has 0 aliphatic rings. The first kappa shape index (κ1) is 12.6. The van der Waals surface area contributed by atoms with Crippen LogP contribution in [0, 0.1) is 0 Å². The van der Waals surface area contributed by atoms with Crippen LogP contribution in [-0.2, 0) is 4.79 Å². The molecule has 0 aliphatic heterocycles. The average Bonchev–Trinajstić information content (AvgIpc) is 2.38. The smallest absolute Gasteiger partial charge is 0.335 e. The van der Waals surface area contributed by atoms with Gasteiger partial charge < -0.3 is 5.11 Å². The molecular formula is C12H10N4O3. The summed E-state index contributed by atoms with van der Waals surface area (Å²) in [5.41, 5.74) is 1.17. The van der Waals surface area contributed by atoms with E-state index in [1.54, 1.807) is 12.1 Å². The summed E-state index contributed by atoms with van der Waals surface area (Å²) < 4.78 is 0. The number of aromatic carboxylic acids is 1. The van der Waals surface area contributed by atoms with E-state index in [0.717, 1.165) is 0 Å². The molecule has 0 radical (unpaired) electrons. The molecular weight excluding hydrogens is 248 g/mol. The molecule has 0 aliphatic carbocycles. The van der Waals surface area contributed by atoms with Crippen LogP contribution >= 0.6 is 0 Å². The number of carboxylic acids is 1. The van der Waals surface area contributed by atoms with Crippen LogP contribution in [0.5, 0.6) is 0 Å². The largest absolute Gasteiger partial charge is 0.478 e. The second-order valence-corrected chi connectivity index (χ2v) is 3.73. The molecule has 96 valence electrons. The minimum absolute atomic E-state index is 0.0747. The maximum atomic E-state index is 10.9. The number of hydrogen-bond donors (Lipinski definition) is 2. The molecule has 0 atom stereocenters. The topological polar surface area (TPSA) is 105 Å². The minimum Gasteiger partial charge on any atom is -0.478 e. The fraction of sp³-hybridized carbons (Fsp3) is 0.0833. The lowest BCUT2D eigenvalue weighted by Crippen LogP contribution is -2.10. The van der Waals surface area contributed by atoms with E-state index in [0.29, 0.717) is 11.3 Å². The van der Waals surface area contributed by atoms with E-state index in [1.165, 1.54) is 25.3 Å². The summed E-state index contributed by atoms with van der Waals surface area (Å²) in [6.07, 6.45) is 1.40. The summed E-state index contributed by atoms with van der Waals surface area (Å²) in [5.74, 6) is -1.25. The molecule has 2 rings (SSSR count). The van der Waals surface area contributed by atoms with Gasteiger partial charge in [-0.05, 0) is 12.1 Å². The van der Waals surface area contributed by atoms with Gasteiger partial charge in [-0.3, -0.25) is 10.1 Å². The maximum Gasteiger partial charge on any atom is 0.335 e. The third-order valence-electron chi connectivity index (χ3n) is 2.25. The quantitative estimate of drug-likeness (QED) is 0.856. The van der Waals surface area contributed by atoms with Gasteiger partial charge in [0.1, 0.15) is 0 Å². The number of carbonyl (C=O) groups is 2. The first-order valence-corrected chi connectivity index (χ1v) is 5.37. The Labute approximate surface area is 108 Å². The van der Waals surface area contributed by atoms with Gasteiger partial charge in [-0.1, -0.05) is 12.1 Å². The van der Waals surface area contributed by atoms with E-state index in [1.807, 2.05) is 0 Å². The molecule has 0 fully saturated rings. The van der Waals surface area contributed by atoms with E-state index in [9.17, 15) is 9.59 Å². The van der Waals surface area contributed by atoms with Crippen molar-refractivity contribution in [3.05, 3.63) is 36.0 Å². The molecule has 1 aromatic heterocycles. The summed E-state index contributed by atoms with van der Waals surface area (Å²) in [6, 6.07) is 6.27. The predicted molar refractivity (Wildman–Crippen MR) is 66.5 cm³/mol. The lowest BCUT2D eigenvalue weighted by atomic mass is 10.1. The van der Waals surface area contributed by atoms with Crippen LogP contribution in [0.3, 0.4) is 0 Å². The first-order valence-electron chi connectivity index (χ1n) is 5.37. The monoisotopic (exact) mass is 258 g/mol. The summed E-state index contributed by atoms with van der Waals surface area (Å²) in [6.45, 7) is 1.33. The van der Waals surface area contributed by atoms with Crippen molar-refractivity contribution in [1.29, 1.82) is 0 Å². The van der Waals surface area contributed by atoms with E-state index in [2.05, 4.69) is 20.5 Å². The Morgan fingerprint density at radius 3 is 2.79 bits per heavy atom. The fourth-order valence-corrected chi connectivity index (χ4v) is 1.46. The molecule has 1 heterocycles. The van der Waals surface area contributed by atoms with Crippen molar-refractivity contribution < 1.29 is 14.7 Å². The molecule has 0 saturated heterocycles. The van der Waals surface area contributed by atoms with Crippen LogP contribution in [0.1, 0.15) is 17.3 Å². The number of amides is 1. The Morgan fingerprint density at radius 2 is 2.11 bits per heavy atom. The van der Waals surface area contributed by atoms with Gasteiger partial charge in [-0.2, -0.15) is 5.10 Å². The number of nitrogens with one attached hydrogen (secondary N) is 1. The highest BCUT2D eigenvalue weighted by atomic mass is 16.4. The van der Waals surface area contributed by atoms with Crippen molar-refractivity contribution in [1.82, 2.24) is 15.2 Å². The van der Waals surface area contributed by atoms with Crippen LogP contribution in [0.4, 0.5) is 5.95 Å². The average molecular weight is 258 g/mol. The summed E-state index contributed by atoms with van der Waals surface area (Å²) in [4.78, 5) is 25.9. The minimum atomic E-state index is -1.02. The lowest BCUT2D eigenvalue weighted by Gasteiger charge is -2.03. The molecule has 7 nitrogen and oxygen atoms in total. The van der Waals surface area contributed by atoms with Crippen molar-refractivity contribution in [2.45, 2.75) is 6.92 Å². The zero-order valence-electron chi connectivity index (χ0n) is 9.99. The van der Waals surface area contributed by atoms with Crippen molar-refractivity contribution in [2.24, 2.45) is 0 Å². The highest BCUT2D eigenvalue weighted by Crippen LogP contribution is 2.18. The van der Waals surface area contributed by atoms with Crippen molar-refractivity contribution in [3.63, 3.8) is 0 Å². The standard InChI is InChI=1S/C12H10N4O3/c1-7(17)14-12-15-10(6-13-16-12)8-3-2-4-9(5-8)11(18)19/h2-6H,1H3,(H,18,19)(H,14,15,16,17). The van der Waals surface area contributed by atoms with Crippen LogP contribution in [-0.4, -0.2) is 32.2 Å². The van der Waals surface area contributed by atoms with E-state index < -0.39 is 5.97 Å². The van der Waals surface area contributed by atoms with Crippen molar-refractivity contribution in [2.75, 3.05) is 5.32 Å². The van der Waals surface area contributed by atoms with Gasteiger partial charge in [-0.15, -0.1) is 5.10 Å². The number of aromatic nitrogens is 3. The zero-order valence-corrected chi connectivity index (χ0v) is 9.99. The first-order chi connectivity index (χ1) is 9.06. The molecule has 1 amide bonds. The SMILES string of the molecule is CC(=O)Nc1nncc(-c2cccc(C(=O)O)c2)n1. The third kappa shape index (κ3) is 3.09. The van der Waals surface area contributed by atoms with Crippen LogP contribution in [0.2, 0.25) is 0 Å². The highest BCUT2D eigenvalue weighted by Gasteiger charge is 2.08. The number of hydrogen-bond acceptors (Lipinski definition) is 5. The molecule has 0 bridgehead atoms. The predicted octanol–water partition coefficient (Wildman–Crippen LogP) is 1.20. The van der Waals surface area contributed by atoms with E-state index >= 15 is 0 Å². The molecule has 2 N–H and O–H groups in total. The summed E-state index contributed by atoms with van der Waals surface area (Å²) in [7, 11) is 0. The number of carboxylic acid groups (broad SMARTS) is 1. The molecule has 0 saturated carbocycles.